The third-order valence-corrected chi connectivity index (χ3v) is 3.62. The van der Waals surface area contributed by atoms with Gasteiger partial charge in [-0.3, -0.25) is 9.59 Å². The molecule has 1 aromatic rings. The van der Waals surface area contributed by atoms with Crippen LogP contribution in [0.1, 0.15) is 30.6 Å². The van der Waals surface area contributed by atoms with Crippen LogP contribution in [0.3, 0.4) is 0 Å². The summed E-state index contributed by atoms with van der Waals surface area (Å²) in [6.45, 7) is 2.86. The van der Waals surface area contributed by atoms with Crippen molar-refractivity contribution in [3.05, 3.63) is 33.3 Å². The van der Waals surface area contributed by atoms with Crippen molar-refractivity contribution < 1.29 is 41.4 Å². The summed E-state index contributed by atoms with van der Waals surface area (Å²) in [6, 6.07) is 0. The molecule has 10 heteroatoms. The van der Waals surface area contributed by atoms with Crippen LogP contribution < -0.4 is 0 Å². The normalized spacial score (nSPS) is 11.8. The Morgan fingerprint density at radius 1 is 0.958 bits per heavy atom. The molecule has 5 nitrogen and oxygen atoms in total. The maximum atomic E-state index is 13.7. The largest absolute Gasteiger partial charge is 0.465 e. The minimum Gasteiger partial charge on any atom is -0.465 e. The molecule has 24 heavy (non-hydrogen) atoms. The number of benzene rings is 1. The van der Waals surface area contributed by atoms with Crippen molar-refractivity contribution in [2.75, 3.05) is 6.61 Å². The van der Waals surface area contributed by atoms with E-state index < -0.39 is 57.1 Å². The number of hydrogen-bond donors (Lipinski definition) is 0. The summed E-state index contributed by atoms with van der Waals surface area (Å²) in [5, 5.41) is 0. The van der Waals surface area contributed by atoms with Crippen molar-refractivity contribution in [2.24, 2.45) is 5.92 Å². The van der Waals surface area contributed by atoms with Gasteiger partial charge in [0.15, 0.2) is 29.2 Å². The number of rotatable bonds is 5. The summed E-state index contributed by atoms with van der Waals surface area (Å²) in [5.41, 5.74) is -1.35. The fourth-order valence-corrected chi connectivity index (χ4v) is 2.18. The molecule has 0 aromatic heterocycles. The zero-order valence-electron chi connectivity index (χ0n) is 12.4. The standard InChI is InChI=1S/C14H11BrF4O5/c1-3-5(12(20)23-4-2)13(21)24-14(22)6-7(15)9(17)11(19)10(18)8(6)16/h5H,3-4H2,1-2H3. The third-order valence-electron chi connectivity index (χ3n) is 2.87. The molecule has 0 N–H and O–H groups in total. The minimum atomic E-state index is -2.24. The van der Waals surface area contributed by atoms with Gasteiger partial charge >= 0.3 is 17.9 Å². The molecule has 0 aliphatic heterocycles. The first kappa shape index (κ1) is 20.1. The van der Waals surface area contributed by atoms with E-state index >= 15 is 0 Å². The van der Waals surface area contributed by atoms with Gasteiger partial charge in [0.05, 0.1) is 11.1 Å². The predicted octanol–water partition coefficient (Wildman–Crippen LogP) is 3.28. The summed E-state index contributed by atoms with van der Waals surface area (Å²) in [7, 11) is 0. The Labute approximate surface area is 142 Å². The van der Waals surface area contributed by atoms with Crippen molar-refractivity contribution in [3.63, 3.8) is 0 Å². The molecule has 1 unspecified atom stereocenters. The second-order valence-corrected chi connectivity index (χ2v) is 5.16. The van der Waals surface area contributed by atoms with E-state index in [0.29, 0.717) is 0 Å². The zero-order valence-corrected chi connectivity index (χ0v) is 14.0. The van der Waals surface area contributed by atoms with Crippen LogP contribution >= 0.6 is 15.9 Å². The molecule has 0 aliphatic carbocycles. The zero-order chi connectivity index (χ0) is 18.6. The predicted molar refractivity (Wildman–Crippen MR) is 74.8 cm³/mol. The maximum Gasteiger partial charge on any atom is 0.350 e. The number of esters is 3. The number of ether oxygens (including phenoxy) is 2. The van der Waals surface area contributed by atoms with Crippen molar-refractivity contribution in [2.45, 2.75) is 20.3 Å². The van der Waals surface area contributed by atoms with E-state index in [1.54, 1.807) is 0 Å². The molecule has 0 bridgehead atoms. The number of halogens is 5. The summed E-state index contributed by atoms with van der Waals surface area (Å²) in [6.07, 6.45) is -0.0965. The van der Waals surface area contributed by atoms with Crippen LogP contribution in [0.2, 0.25) is 0 Å². The van der Waals surface area contributed by atoms with E-state index in [1.165, 1.54) is 13.8 Å². The average molecular weight is 415 g/mol. The Kier molecular flexibility index (Phi) is 6.88. The molecule has 1 rings (SSSR count). The van der Waals surface area contributed by atoms with Gasteiger partial charge < -0.3 is 9.47 Å². The molecule has 0 aliphatic rings. The lowest BCUT2D eigenvalue weighted by Crippen LogP contribution is -2.29. The highest BCUT2D eigenvalue weighted by Crippen LogP contribution is 2.29. The Balaban J connectivity index is 3.12. The van der Waals surface area contributed by atoms with Gasteiger partial charge in [0.2, 0.25) is 0 Å². The molecule has 0 amide bonds. The first-order valence-corrected chi connectivity index (χ1v) is 7.40. The van der Waals surface area contributed by atoms with Gasteiger partial charge in [-0.25, -0.2) is 22.4 Å². The van der Waals surface area contributed by atoms with E-state index in [0.717, 1.165) is 0 Å². The monoisotopic (exact) mass is 414 g/mol. The number of hydrogen-bond acceptors (Lipinski definition) is 5. The van der Waals surface area contributed by atoms with Crippen molar-refractivity contribution >= 4 is 33.8 Å². The lowest BCUT2D eigenvalue weighted by Gasteiger charge is -2.13. The highest BCUT2D eigenvalue weighted by Gasteiger charge is 2.34. The third kappa shape index (κ3) is 3.92. The van der Waals surface area contributed by atoms with Crippen LogP contribution in [0.25, 0.3) is 0 Å². The second kappa shape index (κ2) is 8.22. The van der Waals surface area contributed by atoms with Gasteiger partial charge in [-0.05, 0) is 29.3 Å². The second-order valence-electron chi connectivity index (χ2n) is 4.37. The molecule has 0 spiro atoms. The van der Waals surface area contributed by atoms with Crippen LogP contribution in [0.4, 0.5) is 17.6 Å². The van der Waals surface area contributed by atoms with Gasteiger partial charge in [-0.2, -0.15) is 0 Å². The van der Waals surface area contributed by atoms with Crippen LogP contribution in [0.15, 0.2) is 4.47 Å². The summed E-state index contributed by atoms with van der Waals surface area (Å²) in [4.78, 5) is 35.1. The summed E-state index contributed by atoms with van der Waals surface area (Å²) in [5.74, 6) is -13.9. The van der Waals surface area contributed by atoms with Crippen LogP contribution in [0.5, 0.6) is 0 Å². The van der Waals surface area contributed by atoms with Gasteiger partial charge in [0.25, 0.3) is 0 Å². The quantitative estimate of drug-likeness (QED) is 0.243. The van der Waals surface area contributed by atoms with Crippen LogP contribution in [-0.2, 0) is 19.1 Å². The SMILES string of the molecule is CCOC(=O)C(CC)C(=O)OC(=O)c1c(F)c(F)c(F)c(F)c1Br. The topological polar surface area (TPSA) is 69.7 Å². The maximum absolute atomic E-state index is 13.7. The van der Waals surface area contributed by atoms with Gasteiger partial charge in [0.1, 0.15) is 5.56 Å². The molecule has 0 saturated carbocycles. The fourth-order valence-electron chi connectivity index (χ4n) is 1.67. The smallest absolute Gasteiger partial charge is 0.350 e. The Morgan fingerprint density at radius 3 is 2.00 bits per heavy atom. The molecule has 0 heterocycles. The van der Waals surface area contributed by atoms with Crippen molar-refractivity contribution in [1.29, 1.82) is 0 Å². The van der Waals surface area contributed by atoms with Crippen molar-refractivity contribution in [3.8, 4) is 0 Å². The lowest BCUT2D eigenvalue weighted by molar-refractivity contribution is -0.158. The van der Waals surface area contributed by atoms with Crippen LogP contribution in [-0.4, -0.2) is 24.5 Å². The van der Waals surface area contributed by atoms with Gasteiger partial charge in [-0.1, -0.05) is 6.92 Å². The van der Waals surface area contributed by atoms with E-state index in [9.17, 15) is 31.9 Å². The minimum absolute atomic E-state index is 0.0366. The van der Waals surface area contributed by atoms with Crippen molar-refractivity contribution in [1.82, 2.24) is 0 Å². The van der Waals surface area contributed by atoms with E-state index in [4.69, 9.17) is 0 Å². The summed E-state index contributed by atoms with van der Waals surface area (Å²) < 4.78 is 61.1. The highest BCUT2D eigenvalue weighted by molar-refractivity contribution is 9.10. The Hall–Kier alpha value is -1.97. The molecule has 1 aromatic carbocycles. The van der Waals surface area contributed by atoms with E-state index in [2.05, 4.69) is 25.4 Å². The van der Waals surface area contributed by atoms with E-state index in [1.807, 2.05) is 0 Å². The van der Waals surface area contributed by atoms with E-state index in [-0.39, 0.29) is 13.0 Å². The molecule has 0 radical (unpaired) electrons. The number of carbonyl (C=O) groups excluding carboxylic acids is 3. The van der Waals surface area contributed by atoms with Gasteiger partial charge in [-0.15, -0.1) is 0 Å². The molecule has 0 fully saturated rings. The Morgan fingerprint density at radius 2 is 1.50 bits per heavy atom. The lowest BCUT2D eigenvalue weighted by atomic mass is 10.1. The Bertz CT molecular complexity index is 663. The first-order chi connectivity index (χ1) is 11.2. The first-order valence-electron chi connectivity index (χ1n) is 6.61. The molecular weight excluding hydrogens is 404 g/mol. The summed E-state index contributed by atoms with van der Waals surface area (Å²) >= 11 is 2.39. The van der Waals surface area contributed by atoms with Gasteiger partial charge in [0, 0.05) is 0 Å². The highest BCUT2D eigenvalue weighted by atomic mass is 79.9. The molecule has 1 atom stereocenters. The average Bonchev–Trinajstić information content (AvgIpc) is 2.52. The number of carbonyl (C=O) groups is 3. The molecule has 0 saturated heterocycles. The molecular formula is C14H11BrF4O5. The molecule has 132 valence electrons. The fraction of sp³-hybridized carbons (Fsp3) is 0.357. The van der Waals surface area contributed by atoms with Crippen LogP contribution in [0, 0.1) is 29.2 Å².